The number of carbonyl (C=O) groups excluding carboxylic acids is 1. The lowest BCUT2D eigenvalue weighted by Crippen LogP contribution is -2.53. The fraction of sp³-hybridized carbons (Fsp3) is 0.440. The Hall–Kier alpha value is -2.91. The van der Waals surface area contributed by atoms with Crippen LogP contribution in [0.4, 0.5) is 6.01 Å². The molecule has 2 fully saturated rings. The highest BCUT2D eigenvalue weighted by molar-refractivity contribution is 7.89. The monoisotopic (exact) mass is 482 g/mol. The third-order valence-corrected chi connectivity index (χ3v) is 8.95. The quantitative estimate of drug-likeness (QED) is 0.568. The molecular weight excluding hydrogens is 452 g/mol. The van der Waals surface area contributed by atoms with Crippen LogP contribution in [0.3, 0.4) is 0 Å². The Kier molecular flexibility index (Phi) is 6.07. The van der Waals surface area contributed by atoms with Crippen molar-refractivity contribution >= 4 is 33.0 Å². The highest BCUT2D eigenvalue weighted by Crippen LogP contribution is 2.28. The van der Waals surface area contributed by atoms with E-state index in [1.165, 1.54) is 4.31 Å². The Labute approximate surface area is 200 Å². The molecule has 1 aromatic heterocycles. The highest BCUT2D eigenvalue weighted by Gasteiger charge is 2.35. The number of nitrogens with zero attached hydrogens (tertiary/aromatic N) is 4. The smallest absolute Gasteiger partial charge is 0.298 e. The van der Waals surface area contributed by atoms with E-state index in [2.05, 4.69) is 9.88 Å². The number of rotatable bonds is 4. The number of benzene rings is 2. The third kappa shape index (κ3) is 4.30. The Morgan fingerprint density at radius 2 is 1.68 bits per heavy atom. The van der Waals surface area contributed by atoms with Gasteiger partial charge in [-0.25, -0.2) is 8.42 Å². The fourth-order valence-corrected chi connectivity index (χ4v) is 6.58. The van der Waals surface area contributed by atoms with Gasteiger partial charge < -0.3 is 14.2 Å². The van der Waals surface area contributed by atoms with Crippen molar-refractivity contribution in [3.8, 4) is 0 Å². The number of amides is 1. The molecular formula is C25H30N4O4S. The van der Waals surface area contributed by atoms with Crippen LogP contribution < -0.4 is 4.90 Å². The van der Waals surface area contributed by atoms with E-state index in [0.29, 0.717) is 50.2 Å². The molecule has 0 spiro atoms. The summed E-state index contributed by atoms with van der Waals surface area (Å²) in [5, 5.41) is 0. The van der Waals surface area contributed by atoms with Crippen LogP contribution in [0, 0.1) is 19.8 Å². The second kappa shape index (κ2) is 9.03. The summed E-state index contributed by atoms with van der Waals surface area (Å²) in [7, 11) is -3.57. The second-order valence-electron chi connectivity index (χ2n) is 9.22. The summed E-state index contributed by atoms with van der Waals surface area (Å²) in [5.74, 6) is 0.0730. The first kappa shape index (κ1) is 22.9. The lowest BCUT2D eigenvalue weighted by Gasteiger charge is -2.38. The van der Waals surface area contributed by atoms with E-state index in [0.717, 1.165) is 35.1 Å². The Balaban J connectivity index is 1.17. The van der Waals surface area contributed by atoms with Gasteiger partial charge in [-0.3, -0.25) is 4.79 Å². The summed E-state index contributed by atoms with van der Waals surface area (Å²) in [5.41, 5.74) is 3.27. The van der Waals surface area contributed by atoms with Gasteiger partial charge >= 0.3 is 0 Å². The maximum Gasteiger partial charge on any atom is 0.298 e. The van der Waals surface area contributed by atoms with Gasteiger partial charge in [0, 0.05) is 45.2 Å². The van der Waals surface area contributed by atoms with Gasteiger partial charge in [0.15, 0.2) is 5.58 Å². The molecule has 0 saturated carbocycles. The lowest BCUT2D eigenvalue weighted by atomic mass is 9.95. The van der Waals surface area contributed by atoms with Crippen molar-refractivity contribution in [2.45, 2.75) is 31.6 Å². The standard InChI is InChI=1S/C25H30N4O4S/c1-18-7-8-19(2)23(17-18)34(31,32)29-15-13-27(14-16-29)24(30)20-9-11-28(12-10-20)25-26-21-5-3-4-6-22(21)33-25/h3-8,17,20H,9-16H2,1-2H3. The maximum absolute atomic E-state index is 13.2. The molecule has 2 saturated heterocycles. The molecule has 180 valence electrons. The van der Waals surface area contributed by atoms with Gasteiger partial charge in [-0.2, -0.15) is 9.29 Å². The van der Waals surface area contributed by atoms with Gasteiger partial charge in [0.05, 0.1) is 4.90 Å². The minimum atomic E-state index is -3.57. The predicted molar refractivity (Wildman–Crippen MR) is 130 cm³/mol. The van der Waals surface area contributed by atoms with Crippen LogP contribution in [0.5, 0.6) is 0 Å². The molecule has 0 bridgehead atoms. The van der Waals surface area contributed by atoms with E-state index >= 15 is 0 Å². The van der Waals surface area contributed by atoms with Gasteiger partial charge in [0.1, 0.15) is 5.52 Å². The van der Waals surface area contributed by atoms with Crippen LogP contribution in [-0.2, 0) is 14.8 Å². The van der Waals surface area contributed by atoms with Crippen LogP contribution in [0.25, 0.3) is 11.1 Å². The first-order valence-corrected chi connectivity index (χ1v) is 13.2. The normalized spacial score (nSPS) is 18.5. The molecule has 2 aromatic carbocycles. The summed E-state index contributed by atoms with van der Waals surface area (Å²) < 4.78 is 33.7. The van der Waals surface area contributed by atoms with Crippen molar-refractivity contribution in [3.05, 3.63) is 53.6 Å². The summed E-state index contributed by atoms with van der Waals surface area (Å²) in [6.07, 6.45) is 1.47. The van der Waals surface area contributed by atoms with Gasteiger partial charge in [-0.05, 0) is 56.0 Å². The van der Waals surface area contributed by atoms with Crippen molar-refractivity contribution in [2.24, 2.45) is 5.92 Å². The number of carbonyl (C=O) groups is 1. The lowest BCUT2D eigenvalue weighted by molar-refractivity contribution is -0.137. The Morgan fingerprint density at radius 3 is 2.38 bits per heavy atom. The van der Waals surface area contributed by atoms with E-state index in [1.54, 1.807) is 6.07 Å². The predicted octanol–water partition coefficient (Wildman–Crippen LogP) is 3.19. The number of oxazole rings is 1. The van der Waals surface area contributed by atoms with Crippen molar-refractivity contribution in [3.63, 3.8) is 0 Å². The molecule has 0 N–H and O–H groups in total. The SMILES string of the molecule is Cc1ccc(C)c(S(=O)(=O)N2CCN(C(=O)C3CCN(c4nc5ccccc5o4)CC3)CC2)c1. The molecule has 3 aromatic rings. The number of aromatic nitrogens is 1. The number of hydrogen-bond donors (Lipinski definition) is 0. The first-order chi connectivity index (χ1) is 16.3. The van der Waals surface area contributed by atoms with Crippen LogP contribution in [0.2, 0.25) is 0 Å². The summed E-state index contributed by atoms with van der Waals surface area (Å²) >= 11 is 0. The molecule has 3 heterocycles. The van der Waals surface area contributed by atoms with Crippen molar-refractivity contribution in [1.29, 1.82) is 0 Å². The molecule has 9 heteroatoms. The molecule has 2 aliphatic rings. The number of sulfonamides is 1. The Morgan fingerprint density at radius 1 is 0.971 bits per heavy atom. The average molecular weight is 483 g/mol. The van der Waals surface area contributed by atoms with Crippen LogP contribution >= 0.6 is 0 Å². The van der Waals surface area contributed by atoms with Crippen LogP contribution in [-0.4, -0.2) is 67.8 Å². The molecule has 34 heavy (non-hydrogen) atoms. The van der Waals surface area contributed by atoms with Gasteiger partial charge in [-0.15, -0.1) is 0 Å². The molecule has 0 atom stereocenters. The molecule has 0 aliphatic carbocycles. The van der Waals surface area contributed by atoms with E-state index in [9.17, 15) is 13.2 Å². The van der Waals surface area contributed by atoms with E-state index in [4.69, 9.17) is 4.42 Å². The van der Waals surface area contributed by atoms with Crippen molar-refractivity contribution in [2.75, 3.05) is 44.2 Å². The molecule has 1 amide bonds. The van der Waals surface area contributed by atoms with Crippen LogP contribution in [0.15, 0.2) is 51.8 Å². The van der Waals surface area contributed by atoms with Gasteiger partial charge in [-0.1, -0.05) is 24.3 Å². The van der Waals surface area contributed by atoms with Crippen LogP contribution in [0.1, 0.15) is 24.0 Å². The zero-order valence-electron chi connectivity index (χ0n) is 19.6. The maximum atomic E-state index is 13.2. The summed E-state index contributed by atoms with van der Waals surface area (Å²) in [6, 6.07) is 13.8. The zero-order valence-corrected chi connectivity index (χ0v) is 20.4. The third-order valence-electron chi connectivity index (χ3n) is 6.91. The minimum absolute atomic E-state index is 0.0530. The van der Waals surface area contributed by atoms with E-state index in [1.807, 2.05) is 55.1 Å². The van der Waals surface area contributed by atoms with Crippen molar-refractivity contribution < 1.29 is 17.6 Å². The Bertz CT molecular complexity index is 1270. The number of piperazine rings is 1. The first-order valence-electron chi connectivity index (χ1n) is 11.8. The van der Waals surface area contributed by atoms with Crippen molar-refractivity contribution in [1.82, 2.24) is 14.2 Å². The number of para-hydroxylation sites is 2. The number of aryl methyl sites for hydroxylation is 2. The number of hydrogen-bond acceptors (Lipinski definition) is 6. The minimum Gasteiger partial charge on any atom is -0.423 e. The molecule has 0 radical (unpaired) electrons. The highest BCUT2D eigenvalue weighted by atomic mass is 32.2. The molecule has 5 rings (SSSR count). The second-order valence-corrected chi connectivity index (χ2v) is 11.1. The van der Waals surface area contributed by atoms with E-state index in [-0.39, 0.29) is 11.8 Å². The molecule has 0 unspecified atom stereocenters. The largest absolute Gasteiger partial charge is 0.423 e. The van der Waals surface area contributed by atoms with E-state index < -0.39 is 10.0 Å². The summed E-state index contributed by atoms with van der Waals surface area (Å²) in [4.78, 5) is 22.0. The van der Waals surface area contributed by atoms with Gasteiger partial charge in [0.2, 0.25) is 15.9 Å². The molecule has 8 nitrogen and oxygen atoms in total. The zero-order chi connectivity index (χ0) is 23.9. The van der Waals surface area contributed by atoms with Gasteiger partial charge in [0.25, 0.3) is 6.01 Å². The fourth-order valence-electron chi connectivity index (χ4n) is 4.84. The number of fused-ring (bicyclic) bond motifs is 1. The number of piperidine rings is 1. The number of anilines is 1. The topological polar surface area (TPSA) is 87.0 Å². The summed E-state index contributed by atoms with van der Waals surface area (Å²) in [6.45, 7) is 6.63. The average Bonchev–Trinajstić information content (AvgIpc) is 3.29. The molecule has 2 aliphatic heterocycles.